The van der Waals surface area contributed by atoms with Gasteiger partial charge in [0.25, 0.3) is 5.91 Å². The van der Waals surface area contributed by atoms with Crippen molar-refractivity contribution in [2.24, 2.45) is 0 Å². The van der Waals surface area contributed by atoms with Crippen LogP contribution >= 0.6 is 11.8 Å². The summed E-state index contributed by atoms with van der Waals surface area (Å²) in [6.07, 6.45) is 2.34. The first-order valence-corrected chi connectivity index (χ1v) is 15.5. The van der Waals surface area contributed by atoms with Gasteiger partial charge in [-0.25, -0.2) is 29.4 Å². The molecule has 3 aliphatic rings. The first-order chi connectivity index (χ1) is 21.8. The number of carbonyl (C=O) groups excluding carboxylic acids is 3. The molecular weight excluding hydrogens is 590 g/mol. The number of fused-ring (bicyclic) bond motifs is 1. The van der Waals surface area contributed by atoms with Crippen molar-refractivity contribution in [2.45, 2.75) is 42.8 Å². The maximum atomic E-state index is 14.9. The molecule has 3 fully saturated rings. The van der Waals surface area contributed by atoms with E-state index in [-0.39, 0.29) is 11.8 Å². The van der Waals surface area contributed by atoms with Gasteiger partial charge in [0, 0.05) is 29.7 Å². The second-order valence-electron chi connectivity index (χ2n) is 11.2. The molecule has 45 heavy (non-hydrogen) atoms. The molecular formula is C33H31N7O4S. The molecule has 4 aromatic rings. The zero-order valence-electron chi connectivity index (χ0n) is 24.7. The van der Waals surface area contributed by atoms with Gasteiger partial charge in [0.2, 0.25) is 4.99 Å². The van der Waals surface area contributed by atoms with E-state index in [0.29, 0.717) is 47.3 Å². The van der Waals surface area contributed by atoms with E-state index in [1.807, 2.05) is 66.4 Å². The van der Waals surface area contributed by atoms with E-state index in [9.17, 15) is 14.4 Å². The third kappa shape index (κ3) is 4.82. The maximum absolute atomic E-state index is 14.9. The van der Waals surface area contributed by atoms with E-state index in [0.717, 1.165) is 0 Å². The molecule has 0 radical (unpaired) electrons. The molecule has 1 unspecified atom stereocenters. The lowest BCUT2D eigenvalue weighted by Gasteiger charge is -2.43. The van der Waals surface area contributed by atoms with E-state index in [4.69, 9.17) is 4.74 Å². The van der Waals surface area contributed by atoms with Gasteiger partial charge in [0.15, 0.2) is 0 Å². The number of ether oxygens (including phenoxy) is 1. The predicted molar refractivity (Wildman–Crippen MR) is 173 cm³/mol. The van der Waals surface area contributed by atoms with Gasteiger partial charge in [-0.15, -0.1) is 0 Å². The van der Waals surface area contributed by atoms with Gasteiger partial charge in [0.1, 0.15) is 17.4 Å². The summed E-state index contributed by atoms with van der Waals surface area (Å²) in [6.45, 7) is 4.31. The monoisotopic (exact) mass is 621 g/mol. The summed E-state index contributed by atoms with van der Waals surface area (Å²) in [4.78, 5) is 54.6. The Kier molecular flexibility index (Phi) is 7.27. The molecule has 3 aromatic carbocycles. The standard InChI is InChI=1S/C33H31N7O4S/c1-22-34-20-23(28(35-22)37-30(42)36-24-12-6-3-7-13-24)21-38-32(2)27(18-19-44-32)45-33(38)29(41)39(25-14-8-4-9-15-25)31(43)40(33)26-16-10-5-11-17-26/h3-17,20,27H,18-19,21H2,1-2H3,(H2,34,35,36,37,42)/t27?,32-,33+/m1/s1. The highest BCUT2D eigenvalue weighted by Crippen LogP contribution is 2.60. The molecule has 11 nitrogen and oxygen atoms in total. The number of benzene rings is 3. The summed E-state index contributed by atoms with van der Waals surface area (Å²) >= 11 is 1.43. The minimum Gasteiger partial charge on any atom is -0.359 e. The molecule has 5 amide bonds. The highest BCUT2D eigenvalue weighted by molar-refractivity contribution is 8.02. The molecule has 1 aromatic heterocycles. The average molecular weight is 622 g/mol. The molecule has 12 heteroatoms. The number of carbonyl (C=O) groups is 3. The van der Waals surface area contributed by atoms with Crippen molar-refractivity contribution in [2.75, 3.05) is 27.0 Å². The Morgan fingerprint density at radius 1 is 0.956 bits per heavy atom. The molecule has 0 aliphatic carbocycles. The zero-order valence-corrected chi connectivity index (χ0v) is 25.5. The molecule has 4 heterocycles. The highest BCUT2D eigenvalue weighted by Gasteiger charge is 2.73. The first-order valence-electron chi connectivity index (χ1n) is 14.7. The third-order valence-corrected chi connectivity index (χ3v) is 10.2. The average Bonchev–Trinajstić information content (AvgIpc) is 3.60. The molecule has 3 saturated heterocycles. The Bertz CT molecular complexity index is 1760. The van der Waals surface area contributed by atoms with Gasteiger partial charge in [-0.2, -0.15) is 0 Å². The highest BCUT2D eigenvalue weighted by atomic mass is 32.2. The molecule has 2 N–H and O–H groups in total. The SMILES string of the molecule is Cc1ncc(CN2[C@@]3(SC4CCO[C@]42C)C(=O)N(c2ccccc2)C(=O)N3c2ccccc2)c(NC(=O)Nc2ccccc2)n1. The molecule has 0 bridgehead atoms. The van der Waals surface area contributed by atoms with Gasteiger partial charge < -0.3 is 10.1 Å². The smallest absolute Gasteiger partial charge is 0.338 e. The number of hydrogen-bond acceptors (Lipinski definition) is 8. The number of amides is 5. The minimum atomic E-state index is -1.50. The van der Waals surface area contributed by atoms with Crippen LogP contribution in [-0.2, 0) is 16.1 Å². The lowest BCUT2D eigenvalue weighted by atomic mass is 10.1. The van der Waals surface area contributed by atoms with Crippen LogP contribution in [0.3, 0.4) is 0 Å². The summed E-state index contributed by atoms with van der Waals surface area (Å²) in [5.74, 6) is 0.369. The van der Waals surface area contributed by atoms with E-state index in [2.05, 4.69) is 20.6 Å². The van der Waals surface area contributed by atoms with Crippen molar-refractivity contribution < 1.29 is 19.1 Å². The van der Waals surface area contributed by atoms with Crippen molar-refractivity contribution >= 4 is 52.6 Å². The van der Waals surface area contributed by atoms with Crippen molar-refractivity contribution in [3.63, 3.8) is 0 Å². The maximum Gasteiger partial charge on any atom is 0.338 e. The van der Waals surface area contributed by atoms with Gasteiger partial charge in [-0.1, -0.05) is 66.4 Å². The summed E-state index contributed by atoms with van der Waals surface area (Å²) in [5, 5.41) is 5.57. The topological polar surface area (TPSA) is 120 Å². The van der Waals surface area contributed by atoms with Crippen LogP contribution in [0.25, 0.3) is 0 Å². The van der Waals surface area contributed by atoms with Crippen LogP contribution in [0.15, 0.2) is 97.2 Å². The van der Waals surface area contributed by atoms with Gasteiger partial charge in [-0.3, -0.25) is 15.0 Å². The number of nitrogens with zero attached hydrogens (tertiary/aromatic N) is 5. The first kappa shape index (κ1) is 29.0. The second kappa shape index (κ2) is 11.3. The lowest BCUT2D eigenvalue weighted by molar-refractivity contribution is -0.145. The van der Waals surface area contributed by atoms with E-state index < -0.39 is 28.7 Å². The number of aryl methyl sites for hydroxylation is 1. The minimum absolute atomic E-state index is 0.103. The number of anilines is 4. The predicted octanol–water partition coefficient (Wildman–Crippen LogP) is 5.81. The summed E-state index contributed by atoms with van der Waals surface area (Å²) < 4.78 is 6.42. The molecule has 7 rings (SSSR count). The molecule has 3 aliphatic heterocycles. The second-order valence-corrected chi connectivity index (χ2v) is 12.5. The van der Waals surface area contributed by atoms with E-state index >= 15 is 0 Å². The molecule has 3 atom stereocenters. The Hall–Kier alpha value is -4.78. The largest absolute Gasteiger partial charge is 0.359 e. The molecule has 228 valence electrons. The number of hydrogen-bond donors (Lipinski definition) is 2. The van der Waals surface area contributed by atoms with Crippen molar-refractivity contribution in [1.82, 2.24) is 14.9 Å². The van der Waals surface area contributed by atoms with Crippen LogP contribution < -0.4 is 20.4 Å². The lowest BCUT2D eigenvalue weighted by Crippen LogP contribution is -2.62. The van der Waals surface area contributed by atoms with E-state index in [1.54, 1.807) is 54.4 Å². The number of nitrogens with one attached hydrogen (secondary N) is 2. The van der Waals surface area contributed by atoms with Crippen LogP contribution in [0.5, 0.6) is 0 Å². The fourth-order valence-corrected chi connectivity index (χ4v) is 8.10. The van der Waals surface area contributed by atoms with Crippen LogP contribution in [0, 0.1) is 6.92 Å². The fourth-order valence-electron chi connectivity index (χ4n) is 6.23. The number of para-hydroxylation sites is 3. The Morgan fingerprint density at radius 3 is 2.29 bits per heavy atom. The van der Waals surface area contributed by atoms with Crippen molar-refractivity contribution in [3.05, 3.63) is 109 Å². The normalized spacial score (nSPS) is 24.4. The van der Waals surface area contributed by atoms with Gasteiger partial charge in [0.05, 0.1) is 17.5 Å². The molecule has 1 spiro atoms. The quantitative estimate of drug-likeness (QED) is 0.259. The van der Waals surface area contributed by atoms with E-state index in [1.165, 1.54) is 16.7 Å². The summed E-state index contributed by atoms with van der Waals surface area (Å²) in [5.41, 5.74) is 1.33. The number of rotatable bonds is 6. The number of imide groups is 1. The van der Waals surface area contributed by atoms with Gasteiger partial charge >= 0.3 is 12.1 Å². The van der Waals surface area contributed by atoms with Crippen LogP contribution in [0.2, 0.25) is 0 Å². The van der Waals surface area contributed by atoms with Gasteiger partial charge in [-0.05, 0) is 56.7 Å². The summed E-state index contributed by atoms with van der Waals surface area (Å²) in [7, 11) is 0. The number of aromatic nitrogens is 2. The third-order valence-electron chi connectivity index (χ3n) is 8.35. The number of urea groups is 2. The van der Waals surface area contributed by atoms with Crippen molar-refractivity contribution in [1.29, 1.82) is 0 Å². The Morgan fingerprint density at radius 2 is 1.60 bits per heavy atom. The Balaban J connectivity index is 1.33. The fraction of sp³-hybridized carbons (Fsp3) is 0.242. The van der Waals surface area contributed by atoms with Crippen LogP contribution in [-0.4, -0.2) is 55.4 Å². The Labute approximate surface area is 264 Å². The van der Waals surface area contributed by atoms with Crippen molar-refractivity contribution in [3.8, 4) is 0 Å². The number of thioether (sulfide) groups is 1. The van der Waals surface area contributed by atoms with Crippen LogP contribution in [0.4, 0.5) is 32.5 Å². The van der Waals surface area contributed by atoms with Crippen LogP contribution in [0.1, 0.15) is 24.7 Å². The molecule has 0 saturated carbocycles. The zero-order chi connectivity index (χ0) is 31.2. The summed E-state index contributed by atoms with van der Waals surface area (Å²) in [6, 6.07) is 26.3.